The molecule has 0 aromatic carbocycles. The summed E-state index contributed by atoms with van der Waals surface area (Å²) in [6, 6.07) is -5.11. The maximum atomic E-state index is 12.7. The Labute approximate surface area is 191 Å². The molecular formula is C19H35N5O7S. The Morgan fingerprint density at radius 1 is 0.938 bits per heavy atom. The fourth-order valence-corrected chi connectivity index (χ4v) is 3.19. The lowest BCUT2D eigenvalue weighted by Gasteiger charge is -2.26. The molecule has 0 aromatic heterocycles. The maximum absolute atomic E-state index is 12.7. The number of carbonyl (C=O) groups is 5. The van der Waals surface area contributed by atoms with Gasteiger partial charge in [0.05, 0.1) is 18.6 Å². The molecule has 0 saturated carbocycles. The fraction of sp³-hybridized carbons (Fsp3) is 0.737. The van der Waals surface area contributed by atoms with Gasteiger partial charge in [-0.2, -0.15) is 11.8 Å². The minimum atomic E-state index is -1.53. The van der Waals surface area contributed by atoms with Crippen LogP contribution in [0.2, 0.25) is 0 Å². The number of hydrogen-bond acceptors (Lipinski definition) is 8. The minimum Gasteiger partial charge on any atom is -0.480 e. The van der Waals surface area contributed by atoms with Crippen LogP contribution in [0.5, 0.6) is 0 Å². The smallest absolute Gasteiger partial charge is 0.326 e. The molecule has 0 aliphatic rings. The third-order valence-corrected chi connectivity index (χ3v) is 5.03. The van der Waals surface area contributed by atoms with E-state index in [0.29, 0.717) is 12.2 Å². The van der Waals surface area contributed by atoms with E-state index in [-0.39, 0.29) is 12.3 Å². The number of primary amides is 1. The Hall–Kier alpha value is -2.38. The second-order valence-corrected chi connectivity index (χ2v) is 8.86. The van der Waals surface area contributed by atoms with Crippen molar-refractivity contribution in [3.05, 3.63) is 0 Å². The molecule has 0 aromatic rings. The molecule has 32 heavy (non-hydrogen) atoms. The summed E-state index contributed by atoms with van der Waals surface area (Å²) in [5, 5.41) is 26.1. The quantitative estimate of drug-likeness (QED) is 0.137. The molecule has 5 atom stereocenters. The monoisotopic (exact) mass is 477 g/mol. The van der Waals surface area contributed by atoms with E-state index in [2.05, 4.69) is 16.0 Å². The summed E-state index contributed by atoms with van der Waals surface area (Å²) in [7, 11) is 0. The molecule has 0 rings (SSSR count). The lowest BCUT2D eigenvalue weighted by atomic mass is 10.0. The summed E-state index contributed by atoms with van der Waals surface area (Å²) in [5.74, 6) is -4.14. The number of carboxylic acid groups (broad SMARTS) is 1. The molecule has 0 aliphatic carbocycles. The number of nitrogens with one attached hydrogen (secondary N) is 3. The van der Waals surface area contributed by atoms with Gasteiger partial charge in [0.15, 0.2) is 0 Å². The molecule has 13 heteroatoms. The Kier molecular flexibility index (Phi) is 13.5. The molecule has 0 heterocycles. The van der Waals surface area contributed by atoms with Crippen molar-refractivity contribution in [2.24, 2.45) is 17.4 Å². The summed E-state index contributed by atoms with van der Waals surface area (Å²) in [5.41, 5.74) is 11.0. The van der Waals surface area contributed by atoms with Crippen LogP contribution in [0.25, 0.3) is 0 Å². The Morgan fingerprint density at radius 3 is 1.94 bits per heavy atom. The van der Waals surface area contributed by atoms with Gasteiger partial charge < -0.3 is 37.6 Å². The number of hydrogen-bond donors (Lipinski definition) is 7. The molecule has 0 radical (unpaired) electrons. The van der Waals surface area contributed by atoms with E-state index in [0.717, 1.165) is 0 Å². The Morgan fingerprint density at radius 2 is 1.50 bits per heavy atom. The van der Waals surface area contributed by atoms with Crippen molar-refractivity contribution in [3.8, 4) is 0 Å². The van der Waals surface area contributed by atoms with Gasteiger partial charge >= 0.3 is 5.97 Å². The Bertz CT molecular complexity index is 674. The van der Waals surface area contributed by atoms with Crippen molar-refractivity contribution in [1.29, 1.82) is 0 Å². The summed E-state index contributed by atoms with van der Waals surface area (Å²) in [6.45, 7) is 4.94. The number of aliphatic hydroxyl groups is 1. The average Bonchev–Trinajstić information content (AvgIpc) is 2.66. The first-order valence-electron chi connectivity index (χ1n) is 10.1. The largest absolute Gasteiger partial charge is 0.480 e. The highest BCUT2D eigenvalue weighted by Crippen LogP contribution is 2.06. The van der Waals surface area contributed by atoms with Crippen LogP contribution in [-0.4, -0.2) is 82.1 Å². The molecule has 0 saturated heterocycles. The number of amides is 4. The summed E-state index contributed by atoms with van der Waals surface area (Å²) in [6.07, 6.45) is 0.284. The van der Waals surface area contributed by atoms with Gasteiger partial charge in [0, 0.05) is 0 Å². The normalized spacial score (nSPS) is 15.7. The van der Waals surface area contributed by atoms with E-state index in [1.165, 1.54) is 18.7 Å². The van der Waals surface area contributed by atoms with E-state index in [1.807, 2.05) is 13.8 Å². The summed E-state index contributed by atoms with van der Waals surface area (Å²) in [4.78, 5) is 60.3. The van der Waals surface area contributed by atoms with Gasteiger partial charge in [0.1, 0.15) is 18.1 Å². The highest BCUT2D eigenvalue weighted by atomic mass is 32.2. The minimum absolute atomic E-state index is 0.107. The summed E-state index contributed by atoms with van der Waals surface area (Å²) >= 11 is 1.39. The molecule has 0 bridgehead atoms. The first-order valence-corrected chi connectivity index (χ1v) is 11.5. The number of thioether (sulfide) groups is 1. The maximum Gasteiger partial charge on any atom is 0.326 e. The zero-order valence-electron chi connectivity index (χ0n) is 18.8. The van der Waals surface area contributed by atoms with Crippen LogP contribution in [0.1, 0.15) is 40.0 Å². The molecule has 0 aliphatic heterocycles. The third kappa shape index (κ3) is 11.3. The number of carboxylic acids is 1. The first-order chi connectivity index (χ1) is 14.8. The standard InChI is InChI=1S/C19H35N5O7S/c1-9(2)7-11(20)16(27)23-13(8-14(21)26)17(28)24-15(10(3)25)18(29)22-12(19(30)31)5-6-32-4/h9-13,15,25H,5-8,20H2,1-4H3,(H2,21,26)(H,22,29)(H,23,27)(H,24,28)(H,30,31). The van der Waals surface area contributed by atoms with Gasteiger partial charge in [-0.15, -0.1) is 0 Å². The predicted octanol–water partition coefficient (Wildman–Crippen LogP) is -2.09. The number of nitrogens with two attached hydrogens (primary N) is 2. The molecular weight excluding hydrogens is 442 g/mol. The third-order valence-electron chi connectivity index (χ3n) is 4.39. The molecule has 12 nitrogen and oxygen atoms in total. The molecule has 9 N–H and O–H groups in total. The second-order valence-electron chi connectivity index (χ2n) is 7.88. The molecule has 4 amide bonds. The Balaban J connectivity index is 5.39. The van der Waals surface area contributed by atoms with Crippen LogP contribution < -0.4 is 27.4 Å². The van der Waals surface area contributed by atoms with Crippen LogP contribution in [0.4, 0.5) is 0 Å². The van der Waals surface area contributed by atoms with E-state index < -0.39 is 66.3 Å². The zero-order chi connectivity index (χ0) is 25.0. The van der Waals surface area contributed by atoms with Gasteiger partial charge in [0.25, 0.3) is 0 Å². The van der Waals surface area contributed by atoms with E-state index in [1.54, 1.807) is 6.26 Å². The van der Waals surface area contributed by atoms with E-state index in [9.17, 15) is 34.2 Å². The van der Waals surface area contributed by atoms with Crippen LogP contribution in [0.3, 0.4) is 0 Å². The van der Waals surface area contributed by atoms with Gasteiger partial charge in [-0.05, 0) is 37.7 Å². The van der Waals surface area contributed by atoms with Gasteiger partial charge in [0.2, 0.25) is 23.6 Å². The van der Waals surface area contributed by atoms with Gasteiger partial charge in [-0.25, -0.2) is 4.79 Å². The van der Waals surface area contributed by atoms with Crippen LogP contribution in [0, 0.1) is 5.92 Å². The predicted molar refractivity (Wildman–Crippen MR) is 119 cm³/mol. The van der Waals surface area contributed by atoms with Gasteiger partial charge in [-0.3, -0.25) is 19.2 Å². The van der Waals surface area contributed by atoms with Crippen LogP contribution in [-0.2, 0) is 24.0 Å². The van der Waals surface area contributed by atoms with Crippen LogP contribution in [0.15, 0.2) is 0 Å². The van der Waals surface area contributed by atoms with E-state index >= 15 is 0 Å². The van der Waals surface area contributed by atoms with Crippen LogP contribution >= 0.6 is 11.8 Å². The summed E-state index contributed by atoms with van der Waals surface area (Å²) < 4.78 is 0. The number of aliphatic carboxylic acids is 1. The van der Waals surface area contributed by atoms with Crippen molar-refractivity contribution in [2.75, 3.05) is 12.0 Å². The van der Waals surface area contributed by atoms with Crippen molar-refractivity contribution in [2.45, 2.75) is 70.3 Å². The number of aliphatic hydroxyl groups excluding tert-OH is 1. The van der Waals surface area contributed by atoms with E-state index in [4.69, 9.17) is 11.5 Å². The topological polar surface area (TPSA) is 214 Å². The van der Waals surface area contributed by atoms with Gasteiger partial charge in [-0.1, -0.05) is 13.8 Å². The number of carbonyl (C=O) groups excluding carboxylic acids is 4. The van der Waals surface area contributed by atoms with Crippen molar-refractivity contribution < 1.29 is 34.2 Å². The second kappa shape index (κ2) is 14.6. The van der Waals surface area contributed by atoms with Crippen molar-refractivity contribution in [3.63, 3.8) is 0 Å². The highest BCUT2D eigenvalue weighted by molar-refractivity contribution is 7.98. The fourth-order valence-electron chi connectivity index (χ4n) is 2.72. The molecule has 0 fully saturated rings. The lowest BCUT2D eigenvalue weighted by Crippen LogP contribution is -2.60. The van der Waals surface area contributed by atoms with Crippen molar-refractivity contribution >= 4 is 41.4 Å². The highest BCUT2D eigenvalue weighted by Gasteiger charge is 2.33. The lowest BCUT2D eigenvalue weighted by molar-refractivity contribution is -0.143. The zero-order valence-corrected chi connectivity index (χ0v) is 19.6. The molecule has 5 unspecified atom stereocenters. The molecule has 184 valence electrons. The van der Waals surface area contributed by atoms with Crippen molar-refractivity contribution in [1.82, 2.24) is 16.0 Å². The SMILES string of the molecule is CSCCC(NC(=O)C(NC(=O)C(CC(N)=O)NC(=O)C(N)CC(C)C)C(C)O)C(=O)O. The first kappa shape index (κ1) is 29.6. The molecule has 0 spiro atoms. The average molecular weight is 478 g/mol. The number of rotatable bonds is 15.